The van der Waals surface area contributed by atoms with Crippen molar-refractivity contribution in [1.82, 2.24) is 4.98 Å². The minimum atomic E-state index is 0.445. The van der Waals surface area contributed by atoms with E-state index in [1.807, 2.05) is 36.4 Å². The molecular formula is C13H9ClN2S. The van der Waals surface area contributed by atoms with Crippen molar-refractivity contribution < 1.29 is 0 Å². The van der Waals surface area contributed by atoms with Gasteiger partial charge in [-0.3, -0.25) is 0 Å². The second kappa shape index (κ2) is 5.72. The van der Waals surface area contributed by atoms with Gasteiger partial charge in [0, 0.05) is 21.9 Å². The van der Waals surface area contributed by atoms with Gasteiger partial charge in [0.25, 0.3) is 0 Å². The van der Waals surface area contributed by atoms with E-state index in [0.717, 1.165) is 15.7 Å². The number of rotatable bonds is 3. The molecule has 0 radical (unpaired) electrons. The lowest BCUT2D eigenvalue weighted by molar-refractivity contribution is 1.19. The molecule has 0 spiro atoms. The van der Waals surface area contributed by atoms with Crippen LogP contribution >= 0.6 is 23.4 Å². The average Bonchev–Trinajstić information content (AvgIpc) is 2.39. The molecule has 2 nitrogen and oxygen atoms in total. The number of thioether (sulfide) groups is 1. The van der Waals surface area contributed by atoms with E-state index >= 15 is 0 Å². The Labute approximate surface area is 109 Å². The molecule has 0 aliphatic rings. The topological polar surface area (TPSA) is 36.7 Å². The molecule has 2 aromatic rings. The summed E-state index contributed by atoms with van der Waals surface area (Å²) in [5, 5.41) is 9.38. The lowest BCUT2D eigenvalue weighted by atomic mass is 10.2. The Morgan fingerprint density at radius 1 is 1.18 bits per heavy atom. The van der Waals surface area contributed by atoms with E-state index in [2.05, 4.69) is 4.98 Å². The quantitative estimate of drug-likeness (QED) is 0.786. The number of hydrogen-bond donors (Lipinski definition) is 0. The van der Waals surface area contributed by atoms with Crippen molar-refractivity contribution in [3.63, 3.8) is 0 Å². The first-order valence-corrected chi connectivity index (χ1v) is 6.38. The van der Waals surface area contributed by atoms with Crippen molar-refractivity contribution >= 4 is 23.4 Å². The van der Waals surface area contributed by atoms with Crippen LogP contribution in [0.3, 0.4) is 0 Å². The van der Waals surface area contributed by atoms with E-state index in [9.17, 15) is 0 Å². The third-order valence-electron chi connectivity index (χ3n) is 2.17. The van der Waals surface area contributed by atoms with Gasteiger partial charge in [-0.2, -0.15) is 5.26 Å². The first kappa shape index (κ1) is 12.0. The van der Waals surface area contributed by atoms with E-state index in [1.54, 1.807) is 24.0 Å². The molecule has 0 bridgehead atoms. The van der Waals surface area contributed by atoms with E-state index in [1.165, 1.54) is 5.56 Å². The fourth-order valence-corrected chi connectivity index (χ4v) is 2.22. The number of hydrogen-bond acceptors (Lipinski definition) is 3. The molecule has 1 heterocycles. The van der Waals surface area contributed by atoms with Gasteiger partial charge in [0.1, 0.15) is 11.8 Å². The van der Waals surface area contributed by atoms with Crippen molar-refractivity contribution in [1.29, 1.82) is 5.26 Å². The second-order valence-electron chi connectivity index (χ2n) is 3.41. The fraction of sp³-hybridized carbons (Fsp3) is 0.0769. The molecule has 0 fully saturated rings. The van der Waals surface area contributed by atoms with E-state index < -0.39 is 0 Å². The zero-order valence-corrected chi connectivity index (χ0v) is 10.5. The van der Waals surface area contributed by atoms with Crippen LogP contribution in [0, 0.1) is 11.3 Å². The second-order valence-corrected chi connectivity index (χ2v) is 4.89. The first-order chi connectivity index (χ1) is 8.28. The highest BCUT2D eigenvalue weighted by molar-refractivity contribution is 7.98. The lowest BCUT2D eigenvalue weighted by Gasteiger charge is -2.01. The first-order valence-electron chi connectivity index (χ1n) is 5.01. The zero-order valence-electron chi connectivity index (χ0n) is 8.93. The summed E-state index contributed by atoms with van der Waals surface area (Å²) in [6.07, 6.45) is 1.72. The maximum atomic E-state index is 8.63. The molecule has 1 aromatic heterocycles. The van der Waals surface area contributed by atoms with Gasteiger partial charge < -0.3 is 0 Å². The van der Waals surface area contributed by atoms with E-state index in [-0.39, 0.29) is 0 Å². The van der Waals surface area contributed by atoms with Gasteiger partial charge in [-0.25, -0.2) is 4.98 Å². The summed E-state index contributed by atoms with van der Waals surface area (Å²) in [6.45, 7) is 0. The van der Waals surface area contributed by atoms with Crippen LogP contribution in [0.25, 0.3) is 0 Å². The summed E-state index contributed by atoms with van der Waals surface area (Å²) < 4.78 is 0. The molecule has 0 aliphatic heterocycles. The number of aromatic nitrogens is 1. The molecule has 0 unspecified atom stereocenters. The minimum absolute atomic E-state index is 0.445. The molecule has 0 aliphatic carbocycles. The molecule has 2 rings (SSSR count). The fourth-order valence-electron chi connectivity index (χ4n) is 1.28. The number of nitriles is 1. The van der Waals surface area contributed by atoms with Crippen LogP contribution in [-0.2, 0) is 5.75 Å². The summed E-state index contributed by atoms with van der Waals surface area (Å²) in [4.78, 5) is 5.08. The molecule has 0 amide bonds. The molecule has 0 atom stereocenters. The third-order valence-corrected chi connectivity index (χ3v) is 3.47. The highest BCUT2D eigenvalue weighted by atomic mass is 35.5. The van der Waals surface area contributed by atoms with E-state index in [0.29, 0.717) is 5.69 Å². The van der Waals surface area contributed by atoms with Crippen molar-refractivity contribution in [3.8, 4) is 6.07 Å². The van der Waals surface area contributed by atoms with Crippen LogP contribution in [0.2, 0.25) is 5.02 Å². The van der Waals surface area contributed by atoms with E-state index in [4.69, 9.17) is 16.9 Å². The van der Waals surface area contributed by atoms with Gasteiger partial charge in [-0.15, -0.1) is 11.8 Å². The highest BCUT2D eigenvalue weighted by Crippen LogP contribution is 2.22. The Bertz CT molecular complexity index is 529. The predicted molar refractivity (Wildman–Crippen MR) is 70.0 cm³/mol. The summed E-state index contributed by atoms with van der Waals surface area (Å²) in [5.74, 6) is 0.866. The number of halogens is 1. The molecule has 0 N–H and O–H groups in total. The van der Waals surface area contributed by atoms with Crippen LogP contribution in [-0.4, -0.2) is 4.98 Å². The Balaban J connectivity index is 1.98. The summed E-state index contributed by atoms with van der Waals surface area (Å²) in [5.41, 5.74) is 1.66. The third kappa shape index (κ3) is 3.48. The predicted octanol–water partition coefficient (Wildman–Crippen LogP) is 3.90. The molecular weight excluding hydrogens is 252 g/mol. The van der Waals surface area contributed by atoms with Gasteiger partial charge in [0.15, 0.2) is 0 Å². The van der Waals surface area contributed by atoms with Crippen molar-refractivity contribution in [3.05, 3.63) is 58.9 Å². The smallest absolute Gasteiger partial charge is 0.140 e. The summed E-state index contributed by atoms with van der Waals surface area (Å²) in [7, 11) is 0. The Kier molecular flexibility index (Phi) is 4.03. The van der Waals surface area contributed by atoms with Gasteiger partial charge in [-0.05, 0) is 29.8 Å². The SMILES string of the molecule is N#Cc1ccc(SCc2ccc(Cl)cc2)cn1. The molecule has 17 heavy (non-hydrogen) atoms. The van der Waals surface area contributed by atoms with Crippen molar-refractivity contribution in [2.75, 3.05) is 0 Å². The van der Waals surface area contributed by atoms with Crippen LogP contribution in [0.15, 0.2) is 47.5 Å². The number of nitrogens with zero attached hydrogens (tertiary/aromatic N) is 2. The summed E-state index contributed by atoms with van der Waals surface area (Å²) in [6, 6.07) is 13.4. The van der Waals surface area contributed by atoms with Gasteiger partial charge in [-0.1, -0.05) is 23.7 Å². The average molecular weight is 261 g/mol. The standard InChI is InChI=1S/C13H9ClN2S/c14-11-3-1-10(2-4-11)9-17-13-6-5-12(7-15)16-8-13/h1-6,8H,9H2. The monoisotopic (exact) mass is 260 g/mol. The maximum Gasteiger partial charge on any atom is 0.140 e. The number of benzene rings is 1. The molecule has 1 aromatic carbocycles. The van der Waals surface area contributed by atoms with Crippen molar-refractivity contribution in [2.45, 2.75) is 10.6 Å². The number of pyridine rings is 1. The minimum Gasteiger partial charge on any atom is -0.244 e. The summed E-state index contributed by atoms with van der Waals surface area (Å²) >= 11 is 7.50. The van der Waals surface area contributed by atoms with Crippen LogP contribution in [0.5, 0.6) is 0 Å². The Morgan fingerprint density at radius 2 is 1.94 bits per heavy atom. The van der Waals surface area contributed by atoms with Gasteiger partial charge in [0.05, 0.1) is 0 Å². The molecule has 0 saturated carbocycles. The lowest BCUT2D eigenvalue weighted by Crippen LogP contribution is -1.83. The van der Waals surface area contributed by atoms with Crippen LogP contribution in [0.1, 0.15) is 11.3 Å². The molecule has 0 saturated heterocycles. The Morgan fingerprint density at radius 3 is 2.53 bits per heavy atom. The molecule has 84 valence electrons. The highest BCUT2D eigenvalue weighted by Gasteiger charge is 1.98. The zero-order chi connectivity index (χ0) is 12.1. The molecule has 4 heteroatoms. The maximum absolute atomic E-state index is 8.63. The largest absolute Gasteiger partial charge is 0.244 e. The normalized spacial score (nSPS) is 9.88. The van der Waals surface area contributed by atoms with Crippen LogP contribution in [0.4, 0.5) is 0 Å². The van der Waals surface area contributed by atoms with Gasteiger partial charge >= 0.3 is 0 Å². The Hall–Kier alpha value is -1.50. The van der Waals surface area contributed by atoms with Gasteiger partial charge in [0.2, 0.25) is 0 Å². The van der Waals surface area contributed by atoms with Crippen LogP contribution < -0.4 is 0 Å². The van der Waals surface area contributed by atoms with Crippen molar-refractivity contribution in [2.24, 2.45) is 0 Å².